The van der Waals surface area contributed by atoms with Gasteiger partial charge in [-0.05, 0) is 41.2 Å². The highest BCUT2D eigenvalue weighted by molar-refractivity contribution is 6.24. The highest BCUT2D eigenvalue weighted by Gasteiger charge is 2.36. The number of carbonyl (C=O) groups is 2. The van der Waals surface area contributed by atoms with E-state index in [9.17, 15) is 9.59 Å². The molecule has 4 rings (SSSR count). The molecule has 30 heavy (non-hydrogen) atoms. The molecule has 3 nitrogen and oxygen atoms in total. The number of nitrogens with zero attached hydrogens (tertiary/aromatic N) is 1. The topological polar surface area (TPSA) is 37.4 Å². The lowest BCUT2D eigenvalue weighted by Gasteiger charge is -2.09. The van der Waals surface area contributed by atoms with Crippen molar-refractivity contribution in [2.75, 3.05) is 0 Å². The number of hydrogen-bond donors (Lipinski definition) is 0. The Labute approximate surface area is 177 Å². The summed E-state index contributed by atoms with van der Waals surface area (Å²) >= 11 is 0. The Kier molecular flexibility index (Phi) is 5.89. The monoisotopic (exact) mass is 395 g/mol. The Balaban J connectivity index is 1.62. The molecular weight excluding hydrogens is 370 g/mol. The van der Waals surface area contributed by atoms with Gasteiger partial charge >= 0.3 is 0 Å². The molecule has 0 fully saturated rings. The maximum Gasteiger partial charge on any atom is 0.266 e. The number of fused-ring (bicyclic) bond motifs is 1. The van der Waals surface area contributed by atoms with E-state index in [2.05, 4.69) is 31.2 Å². The summed E-state index contributed by atoms with van der Waals surface area (Å²) in [6.07, 6.45) is 7.79. The van der Waals surface area contributed by atoms with Gasteiger partial charge in [0.2, 0.25) is 0 Å². The number of allylic oxidation sites excluding steroid dienone is 1. The second-order valence-corrected chi connectivity index (χ2v) is 7.53. The van der Waals surface area contributed by atoms with Crippen LogP contribution in [0.4, 0.5) is 0 Å². The van der Waals surface area contributed by atoms with Gasteiger partial charge in [-0.2, -0.15) is 0 Å². The summed E-state index contributed by atoms with van der Waals surface area (Å²) in [4.78, 5) is 27.1. The average Bonchev–Trinajstić information content (AvgIpc) is 3.04. The van der Waals surface area contributed by atoms with E-state index in [1.54, 1.807) is 12.3 Å². The number of hydrogen-bond acceptors (Lipinski definition) is 2. The highest BCUT2D eigenvalue weighted by Crippen LogP contribution is 2.34. The SMILES string of the molecule is CCCCC/C=C/N1C(=O)c2cccc(-c3ccc(-c4ccccc4)cc3)c2C1=O. The predicted octanol–water partition coefficient (Wildman–Crippen LogP) is 6.71. The molecule has 1 heterocycles. The third-order valence-corrected chi connectivity index (χ3v) is 5.48. The van der Waals surface area contributed by atoms with Crippen LogP contribution in [0.1, 0.15) is 53.3 Å². The lowest BCUT2D eigenvalue weighted by atomic mass is 9.95. The van der Waals surface area contributed by atoms with Crippen LogP contribution in [0.15, 0.2) is 85.1 Å². The fourth-order valence-corrected chi connectivity index (χ4v) is 3.84. The molecule has 150 valence electrons. The van der Waals surface area contributed by atoms with Crippen LogP contribution in [0.3, 0.4) is 0 Å². The number of carbonyl (C=O) groups excluding carboxylic acids is 2. The zero-order valence-corrected chi connectivity index (χ0v) is 17.2. The Bertz CT molecular complexity index is 1080. The van der Waals surface area contributed by atoms with Crippen LogP contribution in [0.5, 0.6) is 0 Å². The number of unbranched alkanes of at least 4 members (excludes halogenated alkanes) is 3. The molecule has 3 aromatic rings. The van der Waals surface area contributed by atoms with Crippen molar-refractivity contribution in [1.29, 1.82) is 0 Å². The van der Waals surface area contributed by atoms with Crippen LogP contribution in [0.25, 0.3) is 22.3 Å². The first-order valence-electron chi connectivity index (χ1n) is 10.5. The number of benzene rings is 3. The molecule has 1 aliphatic heterocycles. The van der Waals surface area contributed by atoms with E-state index in [1.165, 1.54) is 4.90 Å². The van der Waals surface area contributed by atoms with Gasteiger partial charge in [0.05, 0.1) is 11.1 Å². The molecule has 0 unspecified atom stereocenters. The molecule has 0 bridgehead atoms. The van der Waals surface area contributed by atoms with Crippen LogP contribution in [-0.2, 0) is 0 Å². The molecule has 3 aromatic carbocycles. The van der Waals surface area contributed by atoms with Gasteiger partial charge in [0.15, 0.2) is 0 Å². The lowest BCUT2D eigenvalue weighted by molar-refractivity contribution is 0.0721. The van der Waals surface area contributed by atoms with Crippen LogP contribution in [-0.4, -0.2) is 16.7 Å². The number of imide groups is 1. The smallest absolute Gasteiger partial charge is 0.266 e. The third-order valence-electron chi connectivity index (χ3n) is 5.48. The second-order valence-electron chi connectivity index (χ2n) is 7.53. The van der Waals surface area contributed by atoms with E-state index in [0.29, 0.717) is 11.1 Å². The van der Waals surface area contributed by atoms with Gasteiger partial charge < -0.3 is 0 Å². The molecule has 3 heteroatoms. The quantitative estimate of drug-likeness (QED) is 0.329. The molecular formula is C27H25NO2. The first-order chi connectivity index (χ1) is 14.7. The van der Waals surface area contributed by atoms with E-state index >= 15 is 0 Å². The molecule has 1 aliphatic rings. The molecule has 0 spiro atoms. The first kappa shape index (κ1) is 19.8. The molecule has 2 amide bonds. The summed E-state index contributed by atoms with van der Waals surface area (Å²) in [6.45, 7) is 2.15. The van der Waals surface area contributed by atoms with E-state index < -0.39 is 0 Å². The van der Waals surface area contributed by atoms with Gasteiger partial charge in [-0.25, -0.2) is 4.90 Å². The largest absolute Gasteiger partial charge is 0.268 e. The van der Waals surface area contributed by atoms with Gasteiger partial charge in [-0.3, -0.25) is 9.59 Å². The first-order valence-corrected chi connectivity index (χ1v) is 10.5. The van der Waals surface area contributed by atoms with Gasteiger partial charge in [-0.1, -0.05) is 92.6 Å². The highest BCUT2D eigenvalue weighted by atomic mass is 16.2. The third kappa shape index (κ3) is 3.84. The van der Waals surface area contributed by atoms with E-state index in [0.717, 1.165) is 47.9 Å². The van der Waals surface area contributed by atoms with E-state index in [1.807, 2.05) is 48.5 Å². The van der Waals surface area contributed by atoms with Gasteiger partial charge in [0.1, 0.15) is 0 Å². The summed E-state index contributed by atoms with van der Waals surface area (Å²) in [7, 11) is 0. The van der Waals surface area contributed by atoms with Gasteiger partial charge in [0, 0.05) is 6.20 Å². The van der Waals surface area contributed by atoms with Crippen molar-refractivity contribution in [3.8, 4) is 22.3 Å². The molecule has 0 saturated carbocycles. The van der Waals surface area contributed by atoms with Gasteiger partial charge in [0.25, 0.3) is 11.8 Å². The summed E-state index contributed by atoms with van der Waals surface area (Å²) in [5.41, 5.74) is 4.96. The van der Waals surface area contributed by atoms with Crippen molar-refractivity contribution in [1.82, 2.24) is 4.90 Å². The molecule has 0 aliphatic carbocycles. The summed E-state index contributed by atoms with van der Waals surface area (Å²) in [5.74, 6) is -0.492. The fraction of sp³-hybridized carbons (Fsp3) is 0.185. The minimum absolute atomic E-state index is 0.246. The minimum atomic E-state index is -0.246. The summed E-state index contributed by atoms with van der Waals surface area (Å²) in [5, 5.41) is 0. The summed E-state index contributed by atoms with van der Waals surface area (Å²) < 4.78 is 0. The maximum absolute atomic E-state index is 13.1. The zero-order chi connectivity index (χ0) is 20.9. The van der Waals surface area contributed by atoms with Crippen molar-refractivity contribution >= 4 is 11.8 Å². The predicted molar refractivity (Wildman–Crippen MR) is 121 cm³/mol. The number of rotatable bonds is 7. The van der Waals surface area contributed by atoms with E-state index in [4.69, 9.17) is 0 Å². The number of amides is 2. The Morgan fingerprint density at radius 1 is 0.700 bits per heavy atom. The summed E-state index contributed by atoms with van der Waals surface area (Å²) in [6, 6.07) is 23.8. The fourth-order valence-electron chi connectivity index (χ4n) is 3.84. The molecule has 0 atom stereocenters. The van der Waals surface area contributed by atoms with Gasteiger partial charge in [-0.15, -0.1) is 0 Å². The zero-order valence-electron chi connectivity index (χ0n) is 17.2. The molecule has 0 N–H and O–H groups in total. The van der Waals surface area contributed by atoms with Crippen LogP contribution in [0, 0.1) is 0 Å². The Hall–Kier alpha value is -3.46. The van der Waals surface area contributed by atoms with Crippen molar-refractivity contribution in [3.63, 3.8) is 0 Å². The van der Waals surface area contributed by atoms with E-state index in [-0.39, 0.29) is 11.8 Å². The van der Waals surface area contributed by atoms with Crippen molar-refractivity contribution in [2.45, 2.75) is 32.6 Å². The molecule has 0 saturated heterocycles. The standard InChI is InChI=1S/C27H25NO2/c1-2-3-4-5-9-19-28-26(29)24-14-10-13-23(25(24)27(28)30)22-17-15-21(16-18-22)20-11-7-6-8-12-20/h6-19H,2-5H2,1H3/b19-9+. The van der Waals surface area contributed by atoms with Crippen molar-refractivity contribution in [2.24, 2.45) is 0 Å². The normalized spacial score (nSPS) is 13.3. The van der Waals surface area contributed by atoms with Crippen molar-refractivity contribution in [3.05, 3.63) is 96.2 Å². The lowest BCUT2D eigenvalue weighted by Crippen LogP contribution is -2.23. The van der Waals surface area contributed by atoms with Crippen LogP contribution in [0.2, 0.25) is 0 Å². The maximum atomic E-state index is 13.1. The Morgan fingerprint density at radius 3 is 2.10 bits per heavy atom. The Morgan fingerprint density at radius 2 is 1.37 bits per heavy atom. The minimum Gasteiger partial charge on any atom is -0.268 e. The van der Waals surface area contributed by atoms with Crippen LogP contribution < -0.4 is 0 Å². The van der Waals surface area contributed by atoms with Crippen LogP contribution >= 0.6 is 0 Å². The molecule has 0 radical (unpaired) electrons. The average molecular weight is 396 g/mol. The van der Waals surface area contributed by atoms with Crippen molar-refractivity contribution < 1.29 is 9.59 Å². The molecule has 0 aromatic heterocycles. The second kappa shape index (κ2) is 8.91.